The van der Waals surface area contributed by atoms with Gasteiger partial charge in [0.2, 0.25) is 0 Å². The second kappa shape index (κ2) is 10.4. The van der Waals surface area contributed by atoms with Crippen molar-refractivity contribution >= 4 is 43.5 Å². The second-order valence-corrected chi connectivity index (χ2v) is 10.2. The van der Waals surface area contributed by atoms with Crippen molar-refractivity contribution in [1.29, 1.82) is 0 Å². The van der Waals surface area contributed by atoms with E-state index in [1.54, 1.807) is 24.3 Å². The van der Waals surface area contributed by atoms with E-state index in [2.05, 4.69) is 0 Å². The van der Waals surface area contributed by atoms with E-state index in [-0.39, 0.29) is 21.9 Å². The smallest absolute Gasteiger partial charge is 0.136 e. The van der Waals surface area contributed by atoms with Crippen LogP contribution < -0.4 is 0 Å². The summed E-state index contributed by atoms with van der Waals surface area (Å²) in [5.41, 5.74) is -1.62. The van der Waals surface area contributed by atoms with Crippen LogP contribution in [0.1, 0.15) is 26.0 Å². The first-order chi connectivity index (χ1) is 30.2. The Hall–Kier alpha value is -5.92. The summed E-state index contributed by atoms with van der Waals surface area (Å²) in [6.07, 6.45) is 0. The van der Waals surface area contributed by atoms with Gasteiger partial charge in [0.05, 0.1) is 26.0 Å². The van der Waals surface area contributed by atoms with Crippen molar-refractivity contribution in [3.05, 3.63) is 169 Å². The Morgan fingerprint density at radius 2 is 0.933 bits per heavy atom. The maximum Gasteiger partial charge on any atom is 0.136 e. The number of benzene rings is 8. The van der Waals surface area contributed by atoms with E-state index in [1.807, 2.05) is 30.3 Å². The SMILES string of the molecule is [2H]c1c([2H])c([2H])c(-c2c3c([2H])c([2H])c([2H])c([2H])c3c(-c3c([2H])c([2H])c4c(oc5c([2H])c([2H])c([2H])c([2H])c54)c3[2H])c3c([2H])c(-c4cccc(-c5ccccc5)c4)c([2H])c([2H])c23)c([2H])c1[2H]. The van der Waals surface area contributed by atoms with E-state index in [0.717, 1.165) is 5.56 Å². The lowest BCUT2D eigenvalue weighted by atomic mass is 9.84. The van der Waals surface area contributed by atoms with Crippen molar-refractivity contribution in [2.75, 3.05) is 0 Å². The molecule has 0 aliphatic heterocycles. The third kappa shape index (κ3) is 4.24. The predicted molar refractivity (Wildman–Crippen MR) is 190 cm³/mol. The van der Waals surface area contributed by atoms with Gasteiger partial charge in [-0.25, -0.2) is 0 Å². The number of furan rings is 1. The molecule has 1 aromatic heterocycles. The van der Waals surface area contributed by atoms with Gasteiger partial charge in [-0.15, -0.1) is 0 Å². The van der Waals surface area contributed by atoms with Crippen molar-refractivity contribution in [3.63, 3.8) is 0 Å². The molecule has 1 heteroatoms. The summed E-state index contributed by atoms with van der Waals surface area (Å²) >= 11 is 0. The third-order valence-electron chi connectivity index (χ3n) is 7.64. The molecule has 210 valence electrons. The molecule has 8 aromatic carbocycles. The normalized spacial score (nSPS) is 17.5. The van der Waals surface area contributed by atoms with E-state index < -0.39 is 170 Å². The number of hydrogen-bond donors (Lipinski definition) is 0. The molecule has 0 fully saturated rings. The molecule has 1 heterocycles. The first kappa shape index (κ1) is 13.0. The van der Waals surface area contributed by atoms with E-state index >= 15 is 0 Å². The van der Waals surface area contributed by atoms with Crippen LogP contribution in [0.2, 0.25) is 0 Å². The van der Waals surface area contributed by atoms with Crippen LogP contribution in [0.25, 0.3) is 88.0 Å². The molecule has 0 aliphatic carbocycles. The standard InChI is InChI=1S/C44H28O/c1-3-12-29(13-4-1)31-16-11-17-32(26-31)33-22-25-39-40(27-33)44(34-23-24-36-35-18-9-10-21-41(35)45-42(36)28-34)38-20-8-7-19-37(38)43(39)30-14-5-2-6-15-30/h1-28H/i2D,5D,6D,7D,8D,9D,10D,14D,15D,18D,19D,20D,21D,22D,23D,24D,25D,27D,28D. The third-order valence-corrected chi connectivity index (χ3v) is 7.64. The van der Waals surface area contributed by atoms with Gasteiger partial charge < -0.3 is 4.42 Å². The lowest BCUT2D eigenvalue weighted by Crippen LogP contribution is -1.92. The molecule has 0 spiro atoms. The molecule has 0 bridgehead atoms. The van der Waals surface area contributed by atoms with Gasteiger partial charge in [-0.3, -0.25) is 0 Å². The molecule has 9 aromatic rings. The summed E-state index contributed by atoms with van der Waals surface area (Å²) in [5, 5.41) is -2.59. The Balaban J connectivity index is 1.61. The summed E-state index contributed by atoms with van der Waals surface area (Å²) in [5.74, 6) is 0. The van der Waals surface area contributed by atoms with Crippen LogP contribution in [0.3, 0.4) is 0 Å². The number of fused-ring (bicyclic) bond motifs is 5. The fourth-order valence-electron chi connectivity index (χ4n) is 5.65. The molecule has 0 saturated carbocycles. The highest BCUT2D eigenvalue weighted by Gasteiger charge is 2.18. The Morgan fingerprint density at radius 3 is 1.73 bits per heavy atom. The summed E-state index contributed by atoms with van der Waals surface area (Å²) in [4.78, 5) is 0. The van der Waals surface area contributed by atoms with Crippen molar-refractivity contribution in [1.82, 2.24) is 0 Å². The zero-order valence-electron chi connectivity index (χ0n) is 42.1. The fraction of sp³-hybridized carbons (Fsp3) is 0. The molecule has 0 aliphatic rings. The summed E-state index contributed by atoms with van der Waals surface area (Å²) in [6, 6.07) is 1.70. The minimum atomic E-state index is -0.844. The largest absolute Gasteiger partial charge is 0.456 e. The fourth-order valence-corrected chi connectivity index (χ4v) is 5.65. The van der Waals surface area contributed by atoms with Crippen molar-refractivity contribution in [2.45, 2.75) is 0 Å². The van der Waals surface area contributed by atoms with Crippen LogP contribution in [0.5, 0.6) is 0 Å². The second-order valence-electron chi connectivity index (χ2n) is 10.2. The highest BCUT2D eigenvalue weighted by atomic mass is 16.3. The Kier molecular flexibility index (Phi) is 2.99. The summed E-state index contributed by atoms with van der Waals surface area (Å²) in [7, 11) is 0. The lowest BCUT2D eigenvalue weighted by Gasteiger charge is -2.19. The summed E-state index contributed by atoms with van der Waals surface area (Å²) < 4.78 is 177. The van der Waals surface area contributed by atoms with Gasteiger partial charge in [0.25, 0.3) is 0 Å². The van der Waals surface area contributed by atoms with Crippen molar-refractivity contribution < 1.29 is 30.5 Å². The van der Waals surface area contributed by atoms with Crippen LogP contribution in [0.4, 0.5) is 0 Å². The molecule has 0 amide bonds. The molecule has 45 heavy (non-hydrogen) atoms. The van der Waals surface area contributed by atoms with Crippen LogP contribution >= 0.6 is 0 Å². The quantitative estimate of drug-likeness (QED) is 0.186. The Labute approximate surface area is 288 Å². The summed E-state index contributed by atoms with van der Waals surface area (Å²) in [6.45, 7) is 0. The lowest BCUT2D eigenvalue weighted by molar-refractivity contribution is 0.669. The molecule has 0 unspecified atom stereocenters. The van der Waals surface area contributed by atoms with Gasteiger partial charge in [0.15, 0.2) is 0 Å². The van der Waals surface area contributed by atoms with Crippen LogP contribution in [-0.2, 0) is 0 Å². The van der Waals surface area contributed by atoms with E-state index in [1.165, 1.54) is 0 Å². The van der Waals surface area contributed by atoms with Crippen LogP contribution in [0.15, 0.2) is 174 Å². The Morgan fingerprint density at radius 1 is 0.356 bits per heavy atom. The van der Waals surface area contributed by atoms with Gasteiger partial charge in [0.1, 0.15) is 11.2 Å². The Bertz CT molecular complexity index is 3570. The van der Waals surface area contributed by atoms with Gasteiger partial charge in [0, 0.05) is 10.8 Å². The minimum Gasteiger partial charge on any atom is -0.456 e. The van der Waals surface area contributed by atoms with Gasteiger partial charge in [-0.1, -0.05) is 139 Å². The first-order valence-corrected chi connectivity index (χ1v) is 13.9. The molecule has 9 rings (SSSR count). The van der Waals surface area contributed by atoms with Crippen molar-refractivity contribution in [2.24, 2.45) is 0 Å². The number of para-hydroxylation sites is 1. The molecular weight excluding hydrogens is 544 g/mol. The molecule has 1 nitrogen and oxygen atoms in total. The topological polar surface area (TPSA) is 13.1 Å². The highest BCUT2D eigenvalue weighted by molar-refractivity contribution is 6.22. The average Bonchev–Trinajstić information content (AvgIpc) is 3.70. The molecule has 0 N–H and O–H groups in total. The van der Waals surface area contributed by atoms with Crippen molar-refractivity contribution in [3.8, 4) is 44.5 Å². The van der Waals surface area contributed by atoms with Gasteiger partial charge in [-0.2, -0.15) is 0 Å². The zero-order chi connectivity index (χ0) is 46.3. The van der Waals surface area contributed by atoms with Crippen LogP contribution in [-0.4, -0.2) is 0 Å². The predicted octanol–water partition coefficient (Wildman–Crippen LogP) is 12.6. The van der Waals surface area contributed by atoms with Gasteiger partial charge >= 0.3 is 0 Å². The average molecular weight is 592 g/mol. The zero-order valence-corrected chi connectivity index (χ0v) is 23.1. The monoisotopic (exact) mass is 591 g/mol. The van der Waals surface area contributed by atoms with E-state index in [9.17, 15) is 11.0 Å². The molecule has 0 radical (unpaired) electrons. The van der Waals surface area contributed by atoms with E-state index in [4.69, 9.17) is 19.5 Å². The number of rotatable bonds is 4. The van der Waals surface area contributed by atoms with E-state index in [0.29, 0.717) is 5.56 Å². The maximum absolute atomic E-state index is 10.0. The van der Waals surface area contributed by atoms with Gasteiger partial charge in [-0.05, 0) is 96.3 Å². The maximum atomic E-state index is 10.0. The van der Waals surface area contributed by atoms with Crippen LogP contribution in [0, 0.1) is 0 Å². The highest BCUT2D eigenvalue weighted by Crippen LogP contribution is 2.45. The minimum absolute atomic E-state index is 0.179. The first-order valence-electron chi connectivity index (χ1n) is 23.4. The molecular formula is C44H28O. The molecule has 0 atom stereocenters. The number of hydrogen-bond acceptors (Lipinski definition) is 1. The molecule has 0 saturated heterocycles.